The van der Waals surface area contributed by atoms with Crippen molar-refractivity contribution >= 4 is 29.1 Å². The average molecular weight is 416 g/mol. The molecule has 0 saturated heterocycles. The van der Waals surface area contributed by atoms with Gasteiger partial charge in [-0.3, -0.25) is 19.3 Å². The summed E-state index contributed by atoms with van der Waals surface area (Å²) in [6.07, 6.45) is 0. The molecule has 0 atom stereocenters. The molecule has 0 radical (unpaired) electrons. The lowest BCUT2D eigenvalue weighted by atomic mass is 10.3. The van der Waals surface area contributed by atoms with Gasteiger partial charge in [0.2, 0.25) is 17.7 Å². The molecule has 0 fully saturated rings. The molecule has 30 heavy (non-hydrogen) atoms. The molecule has 2 rings (SSSR count). The van der Waals surface area contributed by atoms with Crippen molar-refractivity contribution in [2.45, 2.75) is 0 Å². The number of hydrogen-bond acceptors (Lipinski definition) is 5. The van der Waals surface area contributed by atoms with Gasteiger partial charge in [0.25, 0.3) is 0 Å². The zero-order valence-electron chi connectivity index (χ0n) is 17.1. The molecule has 3 amide bonds. The Labute approximate surface area is 174 Å². The molecule has 0 aliphatic rings. The van der Waals surface area contributed by atoms with Crippen LogP contribution in [0.3, 0.4) is 0 Å². The lowest BCUT2D eigenvalue weighted by molar-refractivity contribution is -0.134. The van der Waals surface area contributed by atoms with Crippen LogP contribution in [0.15, 0.2) is 48.5 Å². The van der Waals surface area contributed by atoms with Crippen LogP contribution in [0.1, 0.15) is 0 Å². The molecular formula is C21H25FN4O4. The second-order valence-electron chi connectivity index (χ2n) is 6.76. The molecule has 0 aliphatic heterocycles. The largest absolute Gasteiger partial charge is 0.497 e. The van der Waals surface area contributed by atoms with Crippen molar-refractivity contribution < 1.29 is 23.5 Å². The number of anilines is 2. The van der Waals surface area contributed by atoms with Gasteiger partial charge in [-0.05, 0) is 37.4 Å². The predicted octanol–water partition coefficient (Wildman–Crippen LogP) is 1.80. The number of rotatable bonds is 9. The molecule has 0 spiro atoms. The third kappa shape index (κ3) is 7.51. The highest BCUT2D eigenvalue weighted by Gasteiger charge is 2.17. The fourth-order valence-electron chi connectivity index (χ4n) is 2.62. The second kappa shape index (κ2) is 10.9. The first-order valence-electron chi connectivity index (χ1n) is 9.18. The van der Waals surface area contributed by atoms with Gasteiger partial charge in [0, 0.05) is 24.5 Å². The maximum absolute atomic E-state index is 13.2. The SMILES string of the molecule is COc1cccc(NC(=O)CN(C)C(=O)CN(C)CC(=O)Nc2cccc(F)c2)c1. The first-order valence-corrected chi connectivity index (χ1v) is 9.18. The molecule has 2 N–H and O–H groups in total. The van der Waals surface area contributed by atoms with Crippen molar-refractivity contribution in [3.8, 4) is 5.75 Å². The Kier molecular flexibility index (Phi) is 8.30. The van der Waals surface area contributed by atoms with E-state index < -0.39 is 5.82 Å². The Morgan fingerprint density at radius 3 is 2.13 bits per heavy atom. The number of benzene rings is 2. The van der Waals surface area contributed by atoms with Crippen molar-refractivity contribution in [1.82, 2.24) is 9.80 Å². The second-order valence-corrected chi connectivity index (χ2v) is 6.76. The van der Waals surface area contributed by atoms with Gasteiger partial charge in [-0.1, -0.05) is 12.1 Å². The van der Waals surface area contributed by atoms with Gasteiger partial charge in [0.15, 0.2) is 0 Å². The van der Waals surface area contributed by atoms with E-state index in [-0.39, 0.29) is 37.4 Å². The molecular weight excluding hydrogens is 391 g/mol. The summed E-state index contributed by atoms with van der Waals surface area (Å²) in [5.41, 5.74) is 0.900. The normalized spacial score (nSPS) is 10.4. The highest BCUT2D eigenvalue weighted by atomic mass is 19.1. The fourth-order valence-corrected chi connectivity index (χ4v) is 2.62. The highest BCUT2D eigenvalue weighted by molar-refractivity contribution is 5.95. The summed E-state index contributed by atoms with van der Waals surface area (Å²) in [4.78, 5) is 39.3. The Balaban J connectivity index is 1.78. The molecule has 0 aliphatic carbocycles. The van der Waals surface area contributed by atoms with Crippen LogP contribution in [0.5, 0.6) is 5.75 Å². The zero-order valence-corrected chi connectivity index (χ0v) is 17.1. The minimum atomic E-state index is -0.454. The minimum absolute atomic E-state index is 0.0560. The predicted molar refractivity (Wildman–Crippen MR) is 112 cm³/mol. The van der Waals surface area contributed by atoms with Gasteiger partial charge in [-0.2, -0.15) is 0 Å². The monoisotopic (exact) mass is 416 g/mol. The summed E-state index contributed by atoms with van der Waals surface area (Å²) in [7, 11) is 4.64. The number of nitrogens with zero attached hydrogens (tertiary/aromatic N) is 2. The summed E-state index contributed by atoms with van der Waals surface area (Å²) in [6.45, 7) is -0.259. The van der Waals surface area contributed by atoms with Crippen LogP contribution in [0.25, 0.3) is 0 Å². The molecule has 0 bridgehead atoms. The maximum atomic E-state index is 13.2. The molecule has 0 saturated carbocycles. The van der Waals surface area contributed by atoms with Gasteiger partial charge in [0.05, 0.1) is 26.7 Å². The molecule has 2 aromatic carbocycles. The fraction of sp³-hybridized carbons (Fsp3) is 0.286. The van der Waals surface area contributed by atoms with Crippen molar-refractivity contribution in [1.29, 1.82) is 0 Å². The van der Waals surface area contributed by atoms with E-state index in [1.54, 1.807) is 37.4 Å². The molecule has 8 nitrogen and oxygen atoms in total. The highest BCUT2D eigenvalue weighted by Crippen LogP contribution is 2.16. The van der Waals surface area contributed by atoms with E-state index in [0.29, 0.717) is 17.1 Å². The van der Waals surface area contributed by atoms with Gasteiger partial charge in [0.1, 0.15) is 11.6 Å². The number of amides is 3. The van der Waals surface area contributed by atoms with Crippen LogP contribution in [-0.4, -0.2) is 68.4 Å². The number of halogens is 1. The topological polar surface area (TPSA) is 91.0 Å². The molecule has 9 heteroatoms. The summed E-state index contributed by atoms with van der Waals surface area (Å²) in [5.74, 6) is -0.905. The number of methoxy groups -OCH3 is 1. The van der Waals surface area contributed by atoms with Crippen molar-refractivity contribution in [2.75, 3.05) is 51.5 Å². The minimum Gasteiger partial charge on any atom is -0.497 e. The molecule has 0 heterocycles. The van der Waals surface area contributed by atoms with Crippen molar-refractivity contribution in [3.05, 3.63) is 54.3 Å². The number of nitrogens with one attached hydrogen (secondary N) is 2. The van der Waals surface area contributed by atoms with E-state index in [1.165, 1.54) is 42.2 Å². The standard InChI is InChI=1S/C21H25FN4O4/c1-25(12-19(27)23-16-7-4-6-15(22)10-16)14-21(29)26(2)13-20(28)24-17-8-5-9-18(11-17)30-3/h4-11H,12-14H2,1-3H3,(H,23,27)(H,24,28). The van der Waals surface area contributed by atoms with Crippen LogP contribution in [0.2, 0.25) is 0 Å². The number of carbonyl (C=O) groups is 3. The van der Waals surface area contributed by atoms with Crippen LogP contribution < -0.4 is 15.4 Å². The van der Waals surface area contributed by atoms with Gasteiger partial charge in [-0.15, -0.1) is 0 Å². The number of likely N-dealkylation sites (N-methyl/N-ethyl adjacent to an activating group) is 2. The van der Waals surface area contributed by atoms with Gasteiger partial charge < -0.3 is 20.3 Å². The lowest BCUT2D eigenvalue weighted by Crippen LogP contribution is -2.42. The van der Waals surface area contributed by atoms with Crippen LogP contribution in [0.4, 0.5) is 15.8 Å². The molecule has 160 valence electrons. The van der Waals surface area contributed by atoms with E-state index in [9.17, 15) is 18.8 Å². The third-order valence-electron chi connectivity index (χ3n) is 4.09. The van der Waals surface area contributed by atoms with Gasteiger partial charge >= 0.3 is 0 Å². The summed E-state index contributed by atoms with van der Waals surface area (Å²) in [6, 6.07) is 12.4. The summed E-state index contributed by atoms with van der Waals surface area (Å²) in [5, 5.41) is 5.26. The van der Waals surface area contributed by atoms with Crippen molar-refractivity contribution in [2.24, 2.45) is 0 Å². The van der Waals surface area contributed by atoms with Gasteiger partial charge in [-0.25, -0.2) is 4.39 Å². The third-order valence-corrected chi connectivity index (χ3v) is 4.09. The van der Waals surface area contributed by atoms with E-state index in [2.05, 4.69) is 10.6 Å². The quantitative estimate of drug-likeness (QED) is 0.651. The van der Waals surface area contributed by atoms with Crippen LogP contribution in [0, 0.1) is 5.82 Å². The Bertz CT molecular complexity index is 906. The van der Waals surface area contributed by atoms with Crippen molar-refractivity contribution in [3.63, 3.8) is 0 Å². The van der Waals surface area contributed by atoms with Crippen LogP contribution >= 0.6 is 0 Å². The number of carbonyl (C=O) groups excluding carboxylic acids is 3. The Morgan fingerprint density at radius 2 is 1.50 bits per heavy atom. The first kappa shape index (κ1) is 22.8. The van der Waals surface area contributed by atoms with E-state index >= 15 is 0 Å². The Morgan fingerprint density at radius 1 is 0.900 bits per heavy atom. The van der Waals surface area contributed by atoms with E-state index in [0.717, 1.165) is 0 Å². The molecule has 2 aromatic rings. The Hall–Kier alpha value is -3.46. The zero-order chi connectivity index (χ0) is 22.1. The van der Waals surface area contributed by atoms with E-state index in [1.807, 2.05) is 0 Å². The molecule has 0 unspecified atom stereocenters. The van der Waals surface area contributed by atoms with E-state index in [4.69, 9.17) is 4.74 Å². The smallest absolute Gasteiger partial charge is 0.243 e. The first-order chi connectivity index (χ1) is 14.3. The lowest BCUT2D eigenvalue weighted by Gasteiger charge is -2.21. The maximum Gasteiger partial charge on any atom is 0.243 e. The van der Waals surface area contributed by atoms with Crippen LogP contribution in [-0.2, 0) is 14.4 Å². The summed E-state index contributed by atoms with van der Waals surface area (Å²) < 4.78 is 18.3. The molecule has 0 aromatic heterocycles. The number of ether oxygens (including phenoxy) is 1. The summed E-state index contributed by atoms with van der Waals surface area (Å²) >= 11 is 0. The number of hydrogen-bond donors (Lipinski definition) is 2. The average Bonchev–Trinajstić information content (AvgIpc) is 2.67.